The van der Waals surface area contributed by atoms with E-state index in [2.05, 4.69) is 18.3 Å². The Balaban J connectivity index is 1.44. The molecule has 1 aromatic heterocycles. The van der Waals surface area contributed by atoms with Crippen LogP contribution in [0.3, 0.4) is 0 Å². The maximum Gasteiger partial charge on any atom is 0.264 e. The van der Waals surface area contributed by atoms with E-state index < -0.39 is 0 Å². The first-order valence-corrected chi connectivity index (χ1v) is 10.7. The highest BCUT2D eigenvalue weighted by Crippen LogP contribution is 2.34. The number of carbonyl (C=O) groups excluding carboxylic acids is 2. The minimum Gasteiger partial charge on any atom is -0.378 e. The first kappa shape index (κ1) is 19.2. The van der Waals surface area contributed by atoms with Gasteiger partial charge in [0, 0.05) is 29.6 Å². The summed E-state index contributed by atoms with van der Waals surface area (Å²) in [5, 5.41) is 3.11. The Morgan fingerprint density at radius 2 is 2.00 bits per heavy atom. The van der Waals surface area contributed by atoms with Crippen LogP contribution in [0.25, 0.3) is 0 Å². The molecule has 1 aliphatic heterocycles. The van der Waals surface area contributed by atoms with E-state index in [0.717, 1.165) is 34.5 Å². The number of benzene rings is 1. The van der Waals surface area contributed by atoms with Gasteiger partial charge >= 0.3 is 0 Å². The van der Waals surface area contributed by atoms with Gasteiger partial charge in [-0.2, -0.15) is 0 Å². The predicted octanol–water partition coefficient (Wildman–Crippen LogP) is 3.58. The van der Waals surface area contributed by atoms with Crippen molar-refractivity contribution in [2.24, 2.45) is 5.92 Å². The number of hydrogen-bond donors (Lipinski definition) is 1. The van der Waals surface area contributed by atoms with Gasteiger partial charge in [-0.15, -0.1) is 11.3 Å². The van der Waals surface area contributed by atoms with E-state index in [4.69, 9.17) is 4.74 Å². The summed E-state index contributed by atoms with van der Waals surface area (Å²) in [6.45, 7) is 6.61. The van der Waals surface area contributed by atoms with Crippen LogP contribution in [0.4, 0.5) is 5.69 Å². The summed E-state index contributed by atoms with van der Waals surface area (Å²) in [6, 6.07) is 7.99. The molecule has 5 nitrogen and oxygen atoms in total. The van der Waals surface area contributed by atoms with E-state index in [0.29, 0.717) is 32.7 Å². The Labute approximate surface area is 169 Å². The second kappa shape index (κ2) is 8.05. The average molecular weight is 399 g/mol. The van der Waals surface area contributed by atoms with Gasteiger partial charge in [-0.25, -0.2) is 0 Å². The fourth-order valence-electron chi connectivity index (χ4n) is 3.90. The third-order valence-corrected chi connectivity index (χ3v) is 7.05. The lowest BCUT2D eigenvalue weighted by atomic mass is 9.87. The van der Waals surface area contributed by atoms with Crippen LogP contribution in [0.1, 0.15) is 37.7 Å². The molecule has 1 N–H and O–H groups in total. The molecule has 2 heterocycles. The Bertz CT molecular complexity index is 899. The van der Waals surface area contributed by atoms with Gasteiger partial charge < -0.3 is 15.0 Å². The van der Waals surface area contributed by atoms with Crippen molar-refractivity contribution < 1.29 is 14.3 Å². The molecule has 1 saturated heterocycles. The lowest BCUT2D eigenvalue weighted by Crippen LogP contribution is -2.40. The fourth-order valence-corrected chi connectivity index (χ4v) is 5.07. The number of anilines is 1. The molecule has 6 heteroatoms. The first-order valence-electron chi connectivity index (χ1n) is 9.88. The minimum atomic E-state index is -0.0478. The fraction of sp³-hybridized carbons (Fsp3) is 0.455. The normalized spacial score (nSPS) is 19.2. The van der Waals surface area contributed by atoms with E-state index in [9.17, 15) is 9.59 Å². The minimum absolute atomic E-state index is 0.0478. The maximum absolute atomic E-state index is 12.8. The smallest absolute Gasteiger partial charge is 0.264 e. The standard InChI is InChI=1S/C22H26N2O3S/c1-14-4-3-5-18(15(14)2)23-21(25)16-6-7-19-17(12-16)13-20(28-19)22(26)24-8-10-27-11-9-24/h3-5,13,16H,6-12H2,1-2H3,(H,23,25). The lowest BCUT2D eigenvalue weighted by molar-refractivity contribution is -0.120. The Morgan fingerprint density at radius 1 is 1.21 bits per heavy atom. The molecule has 1 aliphatic carbocycles. The largest absolute Gasteiger partial charge is 0.378 e. The zero-order valence-electron chi connectivity index (χ0n) is 16.4. The Kier molecular flexibility index (Phi) is 5.51. The van der Waals surface area contributed by atoms with E-state index in [1.807, 2.05) is 30.0 Å². The first-order chi connectivity index (χ1) is 13.5. The van der Waals surface area contributed by atoms with Crippen molar-refractivity contribution in [2.75, 3.05) is 31.6 Å². The highest BCUT2D eigenvalue weighted by atomic mass is 32.1. The Hall–Kier alpha value is -2.18. The van der Waals surface area contributed by atoms with Crippen LogP contribution in [0.5, 0.6) is 0 Å². The van der Waals surface area contributed by atoms with Crippen LogP contribution in [0, 0.1) is 19.8 Å². The molecule has 148 valence electrons. The quantitative estimate of drug-likeness (QED) is 0.860. The SMILES string of the molecule is Cc1cccc(NC(=O)C2CCc3sc(C(=O)N4CCOCC4)cc3C2)c1C. The van der Waals surface area contributed by atoms with Crippen LogP contribution in [0.15, 0.2) is 24.3 Å². The molecule has 2 aromatic rings. The lowest BCUT2D eigenvalue weighted by Gasteiger charge is -2.26. The number of amides is 2. The van der Waals surface area contributed by atoms with Crippen molar-refractivity contribution in [3.63, 3.8) is 0 Å². The van der Waals surface area contributed by atoms with Crippen LogP contribution in [-0.4, -0.2) is 43.0 Å². The molecule has 1 fully saturated rings. The monoisotopic (exact) mass is 398 g/mol. The number of fused-ring (bicyclic) bond motifs is 1. The van der Waals surface area contributed by atoms with Crippen LogP contribution < -0.4 is 5.32 Å². The molecule has 2 amide bonds. The summed E-state index contributed by atoms with van der Waals surface area (Å²) >= 11 is 1.60. The molecule has 0 radical (unpaired) electrons. The van der Waals surface area contributed by atoms with Crippen molar-refractivity contribution in [2.45, 2.75) is 33.1 Å². The summed E-state index contributed by atoms with van der Waals surface area (Å²) in [7, 11) is 0. The molecule has 0 saturated carbocycles. The van der Waals surface area contributed by atoms with E-state index in [-0.39, 0.29) is 17.7 Å². The predicted molar refractivity (Wildman–Crippen MR) is 111 cm³/mol. The van der Waals surface area contributed by atoms with E-state index in [1.165, 1.54) is 10.4 Å². The average Bonchev–Trinajstić information content (AvgIpc) is 3.15. The number of aryl methyl sites for hydroxylation is 2. The summed E-state index contributed by atoms with van der Waals surface area (Å²) in [5.41, 5.74) is 4.34. The zero-order chi connectivity index (χ0) is 19.7. The van der Waals surface area contributed by atoms with Gasteiger partial charge in [0.05, 0.1) is 18.1 Å². The van der Waals surface area contributed by atoms with E-state index in [1.54, 1.807) is 11.3 Å². The molecule has 4 rings (SSSR count). The summed E-state index contributed by atoms with van der Waals surface area (Å²) in [5.74, 6) is 0.124. The third-order valence-electron chi connectivity index (χ3n) is 5.83. The third kappa shape index (κ3) is 3.84. The van der Waals surface area contributed by atoms with E-state index >= 15 is 0 Å². The van der Waals surface area contributed by atoms with Crippen molar-refractivity contribution >= 4 is 28.8 Å². The molecule has 1 atom stereocenters. The van der Waals surface area contributed by atoms with Crippen LogP contribution in [-0.2, 0) is 22.4 Å². The van der Waals surface area contributed by atoms with Crippen LogP contribution >= 0.6 is 11.3 Å². The van der Waals surface area contributed by atoms with Gasteiger partial charge in [0.1, 0.15) is 0 Å². The topological polar surface area (TPSA) is 58.6 Å². The van der Waals surface area contributed by atoms with Gasteiger partial charge in [-0.1, -0.05) is 12.1 Å². The van der Waals surface area contributed by atoms with Crippen LogP contribution in [0.2, 0.25) is 0 Å². The number of carbonyl (C=O) groups is 2. The number of ether oxygens (including phenoxy) is 1. The summed E-state index contributed by atoms with van der Waals surface area (Å²) in [6.07, 6.45) is 2.40. The van der Waals surface area contributed by atoms with Crippen molar-refractivity contribution in [1.29, 1.82) is 0 Å². The second-order valence-corrected chi connectivity index (χ2v) is 8.78. The van der Waals surface area contributed by atoms with Crippen molar-refractivity contribution in [3.05, 3.63) is 50.7 Å². The van der Waals surface area contributed by atoms with Gasteiger partial charge in [-0.05, 0) is 61.9 Å². The zero-order valence-corrected chi connectivity index (χ0v) is 17.2. The number of morpholine rings is 1. The molecular formula is C22H26N2O3S. The molecule has 0 bridgehead atoms. The second-order valence-electron chi connectivity index (χ2n) is 7.64. The molecule has 0 spiro atoms. The number of nitrogens with one attached hydrogen (secondary N) is 1. The Morgan fingerprint density at radius 3 is 2.79 bits per heavy atom. The molecule has 1 aromatic carbocycles. The van der Waals surface area contributed by atoms with Crippen molar-refractivity contribution in [3.8, 4) is 0 Å². The van der Waals surface area contributed by atoms with Gasteiger partial charge in [0.25, 0.3) is 5.91 Å². The molecular weight excluding hydrogens is 372 g/mol. The van der Waals surface area contributed by atoms with Crippen molar-refractivity contribution in [1.82, 2.24) is 4.90 Å². The maximum atomic E-state index is 12.8. The summed E-state index contributed by atoms with van der Waals surface area (Å²) < 4.78 is 5.34. The molecule has 2 aliphatic rings. The van der Waals surface area contributed by atoms with Gasteiger partial charge in [0.15, 0.2) is 0 Å². The van der Waals surface area contributed by atoms with Gasteiger partial charge in [-0.3, -0.25) is 9.59 Å². The number of thiophene rings is 1. The molecule has 28 heavy (non-hydrogen) atoms. The number of nitrogens with zero attached hydrogens (tertiary/aromatic N) is 1. The number of rotatable bonds is 3. The highest BCUT2D eigenvalue weighted by molar-refractivity contribution is 7.14. The van der Waals surface area contributed by atoms with Gasteiger partial charge in [0.2, 0.25) is 5.91 Å². The summed E-state index contributed by atoms with van der Waals surface area (Å²) in [4.78, 5) is 29.5. The molecule has 1 unspecified atom stereocenters. The highest BCUT2D eigenvalue weighted by Gasteiger charge is 2.29. The number of hydrogen-bond acceptors (Lipinski definition) is 4.